The Kier molecular flexibility index (Phi) is 3.76. The minimum absolute atomic E-state index is 0.101. The van der Waals surface area contributed by atoms with E-state index in [1.165, 1.54) is 18.2 Å². The molecule has 6 heteroatoms. The van der Waals surface area contributed by atoms with Gasteiger partial charge >= 0.3 is 0 Å². The smallest absolute Gasteiger partial charge is 0.130 e. The van der Waals surface area contributed by atoms with Crippen LogP contribution >= 0.6 is 0 Å². The van der Waals surface area contributed by atoms with E-state index in [0.29, 0.717) is 6.42 Å². The van der Waals surface area contributed by atoms with Gasteiger partial charge in [-0.1, -0.05) is 6.07 Å². The molecule has 0 aliphatic carbocycles. The van der Waals surface area contributed by atoms with Crippen LogP contribution in [-0.4, -0.2) is 21.0 Å². The molecule has 4 rings (SSSR count). The zero-order valence-electron chi connectivity index (χ0n) is 13.3. The molecule has 3 heterocycles. The van der Waals surface area contributed by atoms with E-state index in [4.69, 9.17) is 0 Å². The Balaban J connectivity index is 1.67. The molecule has 24 heavy (non-hydrogen) atoms. The van der Waals surface area contributed by atoms with Gasteiger partial charge in [0.05, 0.1) is 11.9 Å². The van der Waals surface area contributed by atoms with Gasteiger partial charge in [0.1, 0.15) is 23.2 Å². The summed E-state index contributed by atoms with van der Waals surface area (Å²) < 4.78 is 28.3. The summed E-state index contributed by atoms with van der Waals surface area (Å²) in [6, 6.07) is 5.67. The summed E-state index contributed by atoms with van der Waals surface area (Å²) in [4.78, 5) is 12.0. The minimum Gasteiger partial charge on any atom is -0.342 e. The van der Waals surface area contributed by atoms with Gasteiger partial charge in [0.2, 0.25) is 0 Å². The van der Waals surface area contributed by atoms with Gasteiger partial charge in [-0.2, -0.15) is 0 Å². The number of hydrogen-bond donors (Lipinski definition) is 2. The van der Waals surface area contributed by atoms with E-state index in [0.717, 1.165) is 23.6 Å². The van der Waals surface area contributed by atoms with Crippen LogP contribution < -0.4 is 5.32 Å². The number of halogens is 2. The van der Waals surface area contributed by atoms with Crippen LogP contribution in [0.3, 0.4) is 0 Å². The van der Waals surface area contributed by atoms with E-state index in [1.807, 2.05) is 13.0 Å². The van der Waals surface area contributed by atoms with Gasteiger partial charge in [0.25, 0.3) is 0 Å². The number of aromatic nitrogens is 3. The van der Waals surface area contributed by atoms with Crippen molar-refractivity contribution in [3.8, 4) is 11.4 Å². The summed E-state index contributed by atoms with van der Waals surface area (Å²) in [6.45, 7) is 2.03. The molecule has 1 aromatic carbocycles. The number of benzene rings is 1. The Bertz CT molecular complexity index is 811. The summed E-state index contributed by atoms with van der Waals surface area (Å²) in [7, 11) is 0. The van der Waals surface area contributed by atoms with Crippen LogP contribution in [0.15, 0.2) is 36.7 Å². The Morgan fingerprint density at radius 2 is 1.88 bits per heavy atom. The third-order valence-electron chi connectivity index (χ3n) is 4.70. The van der Waals surface area contributed by atoms with E-state index < -0.39 is 11.6 Å². The summed E-state index contributed by atoms with van der Waals surface area (Å²) in [6.07, 6.45) is 4.92. The highest BCUT2D eigenvalue weighted by molar-refractivity contribution is 5.54. The van der Waals surface area contributed by atoms with E-state index in [-0.39, 0.29) is 23.6 Å². The monoisotopic (exact) mass is 328 g/mol. The van der Waals surface area contributed by atoms with Crippen LogP contribution in [0.25, 0.3) is 11.4 Å². The molecule has 1 fully saturated rings. The Morgan fingerprint density at radius 1 is 1.08 bits per heavy atom. The molecule has 0 bridgehead atoms. The first-order valence-electron chi connectivity index (χ1n) is 8.11. The van der Waals surface area contributed by atoms with Gasteiger partial charge in [-0.25, -0.2) is 13.8 Å². The van der Waals surface area contributed by atoms with Crippen molar-refractivity contribution in [2.24, 2.45) is 0 Å². The highest BCUT2D eigenvalue weighted by atomic mass is 19.1. The average molecular weight is 328 g/mol. The summed E-state index contributed by atoms with van der Waals surface area (Å²) in [5.41, 5.74) is 1.86. The third-order valence-corrected chi connectivity index (χ3v) is 4.70. The first-order valence-corrected chi connectivity index (χ1v) is 8.11. The van der Waals surface area contributed by atoms with E-state index in [2.05, 4.69) is 20.3 Å². The lowest BCUT2D eigenvalue weighted by molar-refractivity contribution is 0.288. The maximum atomic E-state index is 14.1. The molecule has 0 amide bonds. The fourth-order valence-electron chi connectivity index (χ4n) is 3.62. The fourth-order valence-corrected chi connectivity index (χ4v) is 3.62. The summed E-state index contributed by atoms with van der Waals surface area (Å²) in [5, 5.41) is 3.31. The SMILES string of the molecule is CC1CC(c2ncc3nccc-3[nH]2)CC(c2c(F)cccc2F)N1. The molecule has 3 unspecified atom stereocenters. The van der Waals surface area contributed by atoms with Gasteiger partial charge < -0.3 is 10.3 Å². The molecule has 4 nitrogen and oxygen atoms in total. The first-order chi connectivity index (χ1) is 11.6. The summed E-state index contributed by atoms with van der Waals surface area (Å²) >= 11 is 0. The number of nitrogens with one attached hydrogen (secondary N) is 2. The largest absolute Gasteiger partial charge is 0.342 e. The minimum atomic E-state index is -0.507. The molecule has 0 aromatic heterocycles. The zero-order valence-corrected chi connectivity index (χ0v) is 13.3. The van der Waals surface area contributed by atoms with Crippen LogP contribution in [0.1, 0.15) is 43.1 Å². The van der Waals surface area contributed by atoms with Crippen LogP contribution in [0.5, 0.6) is 0 Å². The maximum Gasteiger partial charge on any atom is 0.130 e. The molecule has 0 radical (unpaired) electrons. The van der Waals surface area contributed by atoms with Crippen LogP contribution in [-0.2, 0) is 0 Å². The van der Waals surface area contributed by atoms with E-state index >= 15 is 0 Å². The van der Waals surface area contributed by atoms with E-state index in [1.54, 1.807) is 12.4 Å². The van der Waals surface area contributed by atoms with Crippen molar-refractivity contribution in [2.45, 2.75) is 37.8 Å². The van der Waals surface area contributed by atoms with Crippen molar-refractivity contribution in [2.75, 3.05) is 0 Å². The normalized spacial score (nSPS) is 24.4. The Hall–Kier alpha value is -2.34. The molecule has 1 saturated heterocycles. The summed E-state index contributed by atoms with van der Waals surface area (Å²) in [5.74, 6) is -0.0731. The van der Waals surface area contributed by atoms with Crippen molar-refractivity contribution < 1.29 is 8.78 Å². The molecule has 0 spiro atoms. The highest BCUT2D eigenvalue weighted by Gasteiger charge is 2.32. The van der Waals surface area contributed by atoms with Crippen molar-refractivity contribution in [3.05, 3.63) is 59.7 Å². The average Bonchev–Trinajstić information content (AvgIpc) is 3.01. The number of aromatic amines is 1. The predicted molar refractivity (Wildman–Crippen MR) is 86.7 cm³/mol. The Labute approximate surface area is 138 Å². The van der Waals surface area contributed by atoms with Gasteiger partial charge in [0.15, 0.2) is 0 Å². The second kappa shape index (κ2) is 5.94. The molecular formula is C18H18F2N4. The molecule has 3 aliphatic rings. The van der Waals surface area contributed by atoms with E-state index in [9.17, 15) is 8.78 Å². The standard InChI is InChI=1S/C18H18F2N4/c1-10-7-11(18-22-9-16-14(24-18)5-6-21-16)8-15(23-10)17-12(19)3-2-4-13(17)20/h2-6,9-11,15,23H,7-8H2,1H3,(H,22,24). The van der Waals surface area contributed by atoms with Crippen LogP contribution in [0.4, 0.5) is 8.78 Å². The molecule has 3 aliphatic heterocycles. The topological polar surface area (TPSA) is 53.6 Å². The number of fused-ring (bicyclic) bond motifs is 1. The molecule has 3 atom stereocenters. The second-order valence-electron chi connectivity index (χ2n) is 6.44. The van der Waals surface area contributed by atoms with Gasteiger partial charge in [-0.3, -0.25) is 4.98 Å². The zero-order chi connectivity index (χ0) is 16.7. The van der Waals surface area contributed by atoms with Crippen molar-refractivity contribution in [1.82, 2.24) is 20.3 Å². The molecule has 2 N–H and O–H groups in total. The van der Waals surface area contributed by atoms with Gasteiger partial charge in [0, 0.05) is 29.8 Å². The molecule has 1 aromatic rings. The number of nitrogens with zero attached hydrogens (tertiary/aromatic N) is 2. The molecular weight excluding hydrogens is 310 g/mol. The van der Waals surface area contributed by atoms with Crippen molar-refractivity contribution in [1.29, 1.82) is 0 Å². The Morgan fingerprint density at radius 3 is 2.67 bits per heavy atom. The predicted octanol–water partition coefficient (Wildman–Crippen LogP) is 3.78. The quantitative estimate of drug-likeness (QED) is 0.753. The fraction of sp³-hybridized carbons (Fsp3) is 0.333. The van der Waals surface area contributed by atoms with Crippen LogP contribution in [0, 0.1) is 11.6 Å². The maximum absolute atomic E-state index is 14.1. The number of H-pyrrole nitrogens is 1. The first kappa shape index (κ1) is 15.2. The van der Waals surface area contributed by atoms with Gasteiger partial charge in [-0.05, 0) is 38.0 Å². The lowest BCUT2D eigenvalue weighted by atomic mass is 9.84. The molecule has 0 saturated carbocycles. The van der Waals surface area contributed by atoms with Gasteiger partial charge in [-0.15, -0.1) is 0 Å². The van der Waals surface area contributed by atoms with Crippen LogP contribution in [0.2, 0.25) is 0 Å². The lowest BCUT2D eigenvalue weighted by Crippen LogP contribution is -2.39. The number of rotatable bonds is 2. The van der Waals surface area contributed by atoms with Crippen molar-refractivity contribution >= 4 is 0 Å². The van der Waals surface area contributed by atoms with Crippen molar-refractivity contribution in [3.63, 3.8) is 0 Å². The lowest BCUT2D eigenvalue weighted by Gasteiger charge is -2.35. The number of piperidine rings is 1. The third kappa shape index (κ3) is 2.67. The second-order valence-corrected chi connectivity index (χ2v) is 6.44. The number of hydrogen-bond acceptors (Lipinski definition) is 3. The molecule has 124 valence electrons. The highest BCUT2D eigenvalue weighted by Crippen LogP contribution is 2.37.